The van der Waals surface area contributed by atoms with E-state index in [2.05, 4.69) is 36.4 Å². The first-order valence-corrected chi connectivity index (χ1v) is 6.50. The summed E-state index contributed by atoms with van der Waals surface area (Å²) in [5.41, 5.74) is 4.60. The molecule has 0 N–H and O–H groups in total. The molecule has 3 heteroatoms. The molecule has 1 heterocycles. The van der Waals surface area contributed by atoms with Gasteiger partial charge in [-0.25, -0.2) is 0 Å². The summed E-state index contributed by atoms with van der Waals surface area (Å²) in [4.78, 5) is 4.52. The van der Waals surface area contributed by atoms with E-state index in [1.54, 1.807) is 7.11 Å². The Kier molecular flexibility index (Phi) is 4.05. The van der Waals surface area contributed by atoms with Crippen LogP contribution in [0, 0.1) is 13.8 Å². The Morgan fingerprint density at radius 2 is 2.05 bits per heavy atom. The molecule has 100 valence electrons. The van der Waals surface area contributed by atoms with Crippen molar-refractivity contribution in [3.8, 4) is 5.75 Å². The van der Waals surface area contributed by atoms with Gasteiger partial charge in [-0.3, -0.25) is 4.99 Å². The maximum absolute atomic E-state index is 5.19. The molecule has 0 aliphatic carbocycles. The maximum Gasteiger partial charge on any atom is 0.121 e. The Morgan fingerprint density at radius 3 is 2.68 bits per heavy atom. The standard InChI is InChI=1S/C16H20N2O/c1-5-18-12(2)9-14(13(18)3)11-17-15-7-6-8-16(10-15)19-4/h6-11H,5H2,1-4H3. The van der Waals surface area contributed by atoms with Crippen molar-refractivity contribution in [2.45, 2.75) is 27.3 Å². The molecule has 0 bridgehead atoms. The molecule has 1 aromatic heterocycles. The minimum atomic E-state index is 0.827. The highest BCUT2D eigenvalue weighted by atomic mass is 16.5. The van der Waals surface area contributed by atoms with Gasteiger partial charge in [-0.2, -0.15) is 0 Å². The van der Waals surface area contributed by atoms with Crippen LogP contribution in [0.15, 0.2) is 35.3 Å². The number of ether oxygens (including phenoxy) is 1. The van der Waals surface area contributed by atoms with Crippen LogP contribution in [0.2, 0.25) is 0 Å². The van der Waals surface area contributed by atoms with Gasteiger partial charge in [-0.1, -0.05) is 6.07 Å². The zero-order valence-corrected chi connectivity index (χ0v) is 12.0. The van der Waals surface area contributed by atoms with E-state index in [-0.39, 0.29) is 0 Å². The summed E-state index contributed by atoms with van der Waals surface area (Å²) in [6.07, 6.45) is 1.92. The first-order chi connectivity index (χ1) is 9.15. The fraction of sp³-hybridized carbons (Fsp3) is 0.312. The van der Waals surface area contributed by atoms with Crippen LogP contribution in [0.3, 0.4) is 0 Å². The monoisotopic (exact) mass is 256 g/mol. The average molecular weight is 256 g/mol. The van der Waals surface area contributed by atoms with E-state index in [4.69, 9.17) is 4.74 Å². The van der Waals surface area contributed by atoms with E-state index in [0.717, 1.165) is 18.0 Å². The molecule has 0 unspecified atom stereocenters. The van der Waals surface area contributed by atoms with Crippen molar-refractivity contribution in [1.29, 1.82) is 0 Å². The van der Waals surface area contributed by atoms with Gasteiger partial charge in [0.2, 0.25) is 0 Å². The molecule has 0 spiro atoms. The molecule has 0 radical (unpaired) electrons. The minimum absolute atomic E-state index is 0.827. The number of hydrogen-bond donors (Lipinski definition) is 0. The first-order valence-electron chi connectivity index (χ1n) is 6.50. The van der Waals surface area contributed by atoms with Crippen LogP contribution in [-0.2, 0) is 6.54 Å². The third kappa shape index (κ3) is 2.87. The van der Waals surface area contributed by atoms with Crippen molar-refractivity contribution in [2.75, 3.05) is 7.11 Å². The molecule has 0 fully saturated rings. The quantitative estimate of drug-likeness (QED) is 0.762. The Hall–Kier alpha value is -2.03. The van der Waals surface area contributed by atoms with Crippen LogP contribution >= 0.6 is 0 Å². The van der Waals surface area contributed by atoms with Gasteiger partial charge in [0.1, 0.15) is 5.75 Å². The molecular weight excluding hydrogens is 236 g/mol. The maximum atomic E-state index is 5.19. The predicted octanol–water partition coefficient (Wildman–Crippen LogP) is 3.88. The van der Waals surface area contributed by atoms with Gasteiger partial charge in [0.05, 0.1) is 12.8 Å². The molecule has 0 aliphatic rings. The molecule has 2 aromatic rings. The lowest BCUT2D eigenvalue weighted by atomic mass is 10.2. The number of hydrogen-bond acceptors (Lipinski definition) is 2. The van der Waals surface area contributed by atoms with Gasteiger partial charge >= 0.3 is 0 Å². The molecule has 0 saturated heterocycles. The summed E-state index contributed by atoms with van der Waals surface area (Å²) in [5, 5.41) is 0. The highest BCUT2D eigenvalue weighted by Gasteiger charge is 2.05. The van der Waals surface area contributed by atoms with Crippen molar-refractivity contribution in [2.24, 2.45) is 4.99 Å². The van der Waals surface area contributed by atoms with Crippen molar-refractivity contribution in [3.63, 3.8) is 0 Å². The Morgan fingerprint density at radius 1 is 1.26 bits per heavy atom. The third-order valence-corrected chi connectivity index (χ3v) is 3.34. The summed E-state index contributed by atoms with van der Waals surface area (Å²) < 4.78 is 7.48. The fourth-order valence-corrected chi connectivity index (χ4v) is 2.28. The summed E-state index contributed by atoms with van der Waals surface area (Å²) in [6.45, 7) is 7.40. The van der Waals surface area contributed by atoms with Gasteiger partial charge in [0, 0.05) is 35.8 Å². The molecule has 0 aliphatic heterocycles. The highest BCUT2D eigenvalue weighted by molar-refractivity contribution is 5.84. The zero-order valence-electron chi connectivity index (χ0n) is 12.0. The average Bonchev–Trinajstić information content (AvgIpc) is 2.71. The summed E-state index contributed by atoms with van der Waals surface area (Å²) in [5.74, 6) is 0.827. The molecule has 0 amide bonds. The Labute approximate surface area is 114 Å². The van der Waals surface area contributed by atoms with Crippen LogP contribution in [0.5, 0.6) is 5.75 Å². The Bertz CT molecular complexity index is 597. The smallest absolute Gasteiger partial charge is 0.121 e. The number of nitrogens with zero attached hydrogens (tertiary/aromatic N) is 2. The number of rotatable bonds is 4. The van der Waals surface area contributed by atoms with Crippen molar-refractivity contribution >= 4 is 11.9 Å². The van der Waals surface area contributed by atoms with E-state index in [9.17, 15) is 0 Å². The zero-order chi connectivity index (χ0) is 13.8. The molecule has 1 aromatic carbocycles. The van der Waals surface area contributed by atoms with Crippen molar-refractivity contribution < 1.29 is 4.74 Å². The second-order valence-corrected chi connectivity index (χ2v) is 4.53. The van der Waals surface area contributed by atoms with Gasteiger partial charge in [-0.05, 0) is 39.0 Å². The highest BCUT2D eigenvalue weighted by Crippen LogP contribution is 2.20. The van der Waals surface area contributed by atoms with Gasteiger partial charge in [0.15, 0.2) is 0 Å². The number of aryl methyl sites for hydroxylation is 1. The number of aromatic nitrogens is 1. The summed E-state index contributed by atoms with van der Waals surface area (Å²) in [7, 11) is 1.66. The summed E-state index contributed by atoms with van der Waals surface area (Å²) in [6, 6.07) is 9.93. The second-order valence-electron chi connectivity index (χ2n) is 4.53. The minimum Gasteiger partial charge on any atom is -0.497 e. The summed E-state index contributed by atoms with van der Waals surface area (Å²) >= 11 is 0. The number of benzene rings is 1. The number of aliphatic imine (C=N–C) groups is 1. The molecular formula is C16H20N2O. The first kappa shape index (κ1) is 13.4. The van der Waals surface area contributed by atoms with Crippen LogP contribution < -0.4 is 4.74 Å². The molecule has 2 rings (SSSR count). The third-order valence-electron chi connectivity index (χ3n) is 3.34. The van der Waals surface area contributed by atoms with Crippen LogP contribution in [-0.4, -0.2) is 17.9 Å². The van der Waals surface area contributed by atoms with E-state index in [0.29, 0.717) is 0 Å². The van der Waals surface area contributed by atoms with E-state index >= 15 is 0 Å². The fourth-order valence-electron chi connectivity index (χ4n) is 2.28. The second kappa shape index (κ2) is 5.74. The van der Waals surface area contributed by atoms with E-state index < -0.39 is 0 Å². The van der Waals surface area contributed by atoms with Gasteiger partial charge in [-0.15, -0.1) is 0 Å². The van der Waals surface area contributed by atoms with Crippen LogP contribution in [0.4, 0.5) is 5.69 Å². The largest absolute Gasteiger partial charge is 0.497 e. The predicted molar refractivity (Wildman–Crippen MR) is 79.8 cm³/mol. The van der Waals surface area contributed by atoms with Crippen molar-refractivity contribution in [3.05, 3.63) is 47.3 Å². The topological polar surface area (TPSA) is 26.5 Å². The lowest BCUT2D eigenvalue weighted by molar-refractivity contribution is 0.415. The van der Waals surface area contributed by atoms with E-state index in [1.807, 2.05) is 30.5 Å². The van der Waals surface area contributed by atoms with Crippen LogP contribution in [0.25, 0.3) is 0 Å². The molecule has 0 saturated carbocycles. The molecule has 19 heavy (non-hydrogen) atoms. The lowest BCUT2D eigenvalue weighted by Gasteiger charge is -2.04. The molecule has 3 nitrogen and oxygen atoms in total. The Balaban J connectivity index is 2.27. The van der Waals surface area contributed by atoms with Gasteiger partial charge in [0.25, 0.3) is 0 Å². The number of methoxy groups -OCH3 is 1. The van der Waals surface area contributed by atoms with Gasteiger partial charge < -0.3 is 9.30 Å². The molecule has 0 atom stereocenters. The SMILES string of the molecule is CCn1c(C)cc(C=Nc2cccc(OC)c2)c1C. The van der Waals surface area contributed by atoms with Crippen LogP contribution in [0.1, 0.15) is 23.9 Å². The normalized spacial score (nSPS) is 11.2. The van der Waals surface area contributed by atoms with E-state index in [1.165, 1.54) is 17.0 Å². The lowest BCUT2D eigenvalue weighted by Crippen LogP contribution is -1.99. The van der Waals surface area contributed by atoms with Crippen molar-refractivity contribution in [1.82, 2.24) is 4.57 Å².